The molecule has 1 aliphatic rings. The van der Waals surface area contributed by atoms with Crippen LogP contribution in [0.2, 0.25) is 0 Å². The summed E-state index contributed by atoms with van der Waals surface area (Å²) in [5.41, 5.74) is 8.42. The molecule has 22 heavy (non-hydrogen) atoms. The van der Waals surface area contributed by atoms with E-state index in [1.807, 2.05) is 39.0 Å². The highest BCUT2D eigenvalue weighted by Gasteiger charge is 2.19. The van der Waals surface area contributed by atoms with E-state index in [1.165, 1.54) is 0 Å². The Kier molecular flexibility index (Phi) is 4.71. The van der Waals surface area contributed by atoms with Crippen LogP contribution in [0.15, 0.2) is 18.2 Å². The van der Waals surface area contributed by atoms with Gasteiger partial charge in [0, 0.05) is 24.7 Å². The molecule has 1 aromatic rings. The van der Waals surface area contributed by atoms with Crippen LogP contribution >= 0.6 is 0 Å². The number of aryl methyl sites for hydroxylation is 1. The summed E-state index contributed by atoms with van der Waals surface area (Å²) in [6.45, 7) is 5.72. The quantitative estimate of drug-likeness (QED) is 0.797. The summed E-state index contributed by atoms with van der Waals surface area (Å²) in [5.74, 6) is 0.0381. The molecule has 6 heteroatoms. The van der Waals surface area contributed by atoms with Gasteiger partial charge in [0.15, 0.2) is 0 Å². The number of anilines is 1. The molecule has 1 aromatic carbocycles. The summed E-state index contributed by atoms with van der Waals surface area (Å²) in [6.07, 6.45) is 0.719. The number of benzene rings is 1. The highest BCUT2D eigenvalue weighted by atomic mass is 16.6. The first-order valence-corrected chi connectivity index (χ1v) is 7.40. The Morgan fingerprint density at radius 2 is 2.14 bits per heavy atom. The van der Waals surface area contributed by atoms with Crippen molar-refractivity contribution in [2.24, 2.45) is 5.73 Å². The van der Waals surface area contributed by atoms with Crippen LogP contribution in [0.4, 0.5) is 10.5 Å². The lowest BCUT2D eigenvalue weighted by atomic mass is 9.97. The van der Waals surface area contributed by atoms with E-state index in [4.69, 9.17) is 10.5 Å². The molecule has 1 aliphatic heterocycles. The number of fused-ring (bicyclic) bond motifs is 1. The first kappa shape index (κ1) is 16.3. The number of amides is 2. The molecule has 4 N–H and O–H groups in total. The van der Waals surface area contributed by atoms with Crippen molar-refractivity contribution in [2.45, 2.75) is 45.3 Å². The molecule has 1 unspecified atom stereocenters. The van der Waals surface area contributed by atoms with Crippen molar-refractivity contribution >= 4 is 17.7 Å². The van der Waals surface area contributed by atoms with Gasteiger partial charge in [0.05, 0.1) is 0 Å². The van der Waals surface area contributed by atoms with Gasteiger partial charge in [-0.1, -0.05) is 12.1 Å². The Morgan fingerprint density at radius 1 is 1.41 bits per heavy atom. The number of carbonyl (C=O) groups excluding carboxylic acids is 2. The fraction of sp³-hybridized carbons (Fsp3) is 0.500. The third-order valence-corrected chi connectivity index (χ3v) is 3.32. The summed E-state index contributed by atoms with van der Waals surface area (Å²) < 4.78 is 5.17. The van der Waals surface area contributed by atoms with Gasteiger partial charge < -0.3 is 21.1 Å². The van der Waals surface area contributed by atoms with E-state index in [0.29, 0.717) is 19.4 Å². The highest BCUT2D eigenvalue weighted by molar-refractivity contribution is 5.93. The molecule has 2 rings (SSSR count). The monoisotopic (exact) mass is 305 g/mol. The van der Waals surface area contributed by atoms with Crippen LogP contribution in [0.5, 0.6) is 0 Å². The van der Waals surface area contributed by atoms with E-state index in [1.54, 1.807) is 0 Å². The van der Waals surface area contributed by atoms with Gasteiger partial charge in [-0.3, -0.25) is 4.79 Å². The van der Waals surface area contributed by atoms with Gasteiger partial charge in [-0.05, 0) is 44.4 Å². The number of rotatable bonds is 3. The molecule has 0 aliphatic carbocycles. The molecule has 120 valence electrons. The smallest absolute Gasteiger partial charge is 0.407 e. The van der Waals surface area contributed by atoms with Crippen LogP contribution in [0, 0.1) is 0 Å². The number of nitrogens with one attached hydrogen (secondary N) is 2. The third-order valence-electron chi connectivity index (χ3n) is 3.32. The Morgan fingerprint density at radius 3 is 2.82 bits per heavy atom. The average molecular weight is 305 g/mol. The van der Waals surface area contributed by atoms with Gasteiger partial charge >= 0.3 is 6.09 Å². The zero-order valence-electron chi connectivity index (χ0n) is 13.2. The summed E-state index contributed by atoms with van der Waals surface area (Å²) in [5, 5.41) is 5.50. The maximum absolute atomic E-state index is 11.6. The Labute approximate surface area is 130 Å². The van der Waals surface area contributed by atoms with Crippen LogP contribution in [-0.2, 0) is 16.0 Å². The van der Waals surface area contributed by atoms with Crippen LogP contribution in [0.1, 0.15) is 44.4 Å². The van der Waals surface area contributed by atoms with Crippen molar-refractivity contribution < 1.29 is 14.3 Å². The highest BCUT2D eigenvalue weighted by Crippen LogP contribution is 2.25. The lowest BCUT2D eigenvalue weighted by Gasteiger charge is -2.22. The van der Waals surface area contributed by atoms with E-state index in [2.05, 4.69) is 10.6 Å². The standard InChI is InChI=1S/C16H23N3O3/c1-16(2,3)22-15(21)18-9-12(17)10-4-6-13-11(8-10)5-7-14(20)19-13/h4,6,8,12H,5,7,9,17H2,1-3H3,(H,18,21)(H,19,20). The Hall–Kier alpha value is -2.08. The average Bonchev–Trinajstić information content (AvgIpc) is 2.42. The van der Waals surface area contributed by atoms with Crippen molar-refractivity contribution in [3.05, 3.63) is 29.3 Å². The summed E-state index contributed by atoms with van der Waals surface area (Å²) >= 11 is 0. The number of ether oxygens (including phenoxy) is 1. The molecule has 0 spiro atoms. The van der Waals surface area contributed by atoms with Gasteiger partial charge in [0.1, 0.15) is 5.60 Å². The van der Waals surface area contributed by atoms with Crippen LogP contribution in [-0.4, -0.2) is 24.1 Å². The SMILES string of the molecule is CC(C)(C)OC(=O)NCC(N)c1ccc2c(c1)CCC(=O)N2. The number of hydrogen-bond donors (Lipinski definition) is 3. The second kappa shape index (κ2) is 6.36. The van der Waals surface area contributed by atoms with E-state index in [0.717, 1.165) is 16.8 Å². The Bertz CT molecular complexity index is 578. The van der Waals surface area contributed by atoms with Crippen LogP contribution in [0.3, 0.4) is 0 Å². The van der Waals surface area contributed by atoms with Crippen molar-refractivity contribution in [2.75, 3.05) is 11.9 Å². The van der Waals surface area contributed by atoms with E-state index in [9.17, 15) is 9.59 Å². The number of hydrogen-bond acceptors (Lipinski definition) is 4. The van der Waals surface area contributed by atoms with E-state index < -0.39 is 11.7 Å². The second-order valence-electron chi connectivity index (χ2n) is 6.45. The van der Waals surface area contributed by atoms with Crippen molar-refractivity contribution in [3.63, 3.8) is 0 Å². The van der Waals surface area contributed by atoms with Crippen molar-refractivity contribution in [1.29, 1.82) is 0 Å². The molecule has 0 bridgehead atoms. The molecule has 1 heterocycles. The summed E-state index contributed by atoms with van der Waals surface area (Å²) in [6, 6.07) is 5.38. The largest absolute Gasteiger partial charge is 0.444 e. The molecule has 0 fully saturated rings. The number of nitrogens with two attached hydrogens (primary N) is 1. The lowest BCUT2D eigenvalue weighted by Crippen LogP contribution is -2.36. The molecule has 0 saturated heterocycles. The molecule has 0 aromatic heterocycles. The van der Waals surface area contributed by atoms with Gasteiger partial charge in [-0.25, -0.2) is 4.79 Å². The summed E-state index contributed by atoms with van der Waals surface area (Å²) in [4.78, 5) is 23.0. The second-order valence-corrected chi connectivity index (χ2v) is 6.45. The minimum absolute atomic E-state index is 0.0381. The predicted octanol–water partition coefficient (Wildman–Crippen LogP) is 2.10. The van der Waals surface area contributed by atoms with Gasteiger partial charge in [0.2, 0.25) is 5.91 Å². The van der Waals surface area contributed by atoms with Gasteiger partial charge in [-0.15, -0.1) is 0 Å². The maximum atomic E-state index is 11.6. The third kappa shape index (κ3) is 4.46. The molecular weight excluding hydrogens is 282 g/mol. The van der Waals surface area contributed by atoms with Crippen molar-refractivity contribution in [1.82, 2.24) is 5.32 Å². The predicted molar refractivity (Wildman–Crippen MR) is 84.6 cm³/mol. The maximum Gasteiger partial charge on any atom is 0.407 e. The zero-order valence-corrected chi connectivity index (χ0v) is 13.2. The first-order valence-electron chi connectivity index (χ1n) is 7.40. The first-order chi connectivity index (χ1) is 10.2. The molecular formula is C16H23N3O3. The molecule has 6 nitrogen and oxygen atoms in total. The van der Waals surface area contributed by atoms with Gasteiger partial charge in [-0.2, -0.15) is 0 Å². The van der Waals surface area contributed by atoms with Gasteiger partial charge in [0.25, 0.3) is 0 Å². The lowest BCUT2D eigenvalue weighted by molar-refractivity contribution is -0.116. The number of alkyl carbamates (subject to hydrolysis) is 1. The molecule has 1 atom stereocenters. The topological polar surface area (TPSA) is 93.4 Å². The normalized spacial score (nSPS) is 15.5. The minimum atomic E-state index is -0.530. The van der Waals surface area contributed by atoms with E-state index >= 15 is 0 Å². The molecule has 0 radical (unpaired) electrons. The molecule has 0 saturated carbocycles. The molecule has 2 amide bonds. The summed E-state index contributed by atoms with van der Waals surface area (Å²) in [7, 11) is 0. The van der Waals surface area contributed by atoms with Crippen molar-refractivity contribution in [3.8, 4) is 0 Å². The Balaban J connectivity index is 1.94. The fourth-order valence-electron chi connectivity index (χ4n) is 2.26. The van der Waals surface area contributed by atoms with Crippen LogP contribution < -0.4 is 16.4 Å². The fourth-order valence-corrected chi connectivity index (χ4v) is 2.26. The zero-order chi connectivity index (χ0) is 16.3. The van der Waals surface area contributed by atoms with E-state index in [-0.39, 0.29) is 11.9 Å². The van der Waals surface area contributed by atoms with Crippen LogP contribution in [0.25, 0.3) is 0 Å². The number of carbonyl (C=O) groups is 2. The minimum Gasteiger partial charge on any atom is -0.444 e.